The summed E-state index contributed by atoms with van der Waals surface area (Å²) in [5, 5.41) is 51.0. The van der Waals surface area contributed by atoms with E-state index >= 15 is 0 Å². The van der Waals surface area contributed by atoms with E-state index in [2.05, 4.69) is 89.9 Å². The Bertz CT molecular complexity index is 4250. The van der Waals surface area contributed by atoms with Crippen LogP contribution in [0.15, 0.2) is 133 Å². The summed E-state index contributed by atoms with van der Waals surface area (Å²) in [6.07, 6.45) is 55.3. The van der Waals surface area contributed by atoms with E-state index in [9.17, 15) is 29.7 Å². The highest BCUT2D eigenvalue weighted by atomic mass is 16.6. The molecule has 12 aliphatic carbocycles. The molecule has 3 N–H and O–H groups in total. The molecule has 3 aliphatic heterocycles. The molecule has 9 saturated carbocycles. The molecule has 0 bridgehead atoms. The van der Waals surface area contributed by atoms with Crippen LogP contribution in [0.2, 0.25) is 0 Å². The second kappa shape index (κ2) is 35.6. The molecule has 6 heterocycles. The maximum absolute atomic E-state index is 12.4. The molecule has 12 fully saturated rings. The number of likely N-dealkylation sites (tertiary alicyclic amines) is 3. The van der Waals surface area contributed by atoms with Gasteiger partial charge in [-0.3, -0.25) is 0 Å². The summed E-state index contributed by atoms with van der Waals surface area (Å²) in [4.78, 5) is 59.8. The van der Waals surface area contributed by atoms with Crippen molar-refractivity contribution in [3.8, 4) is 0 Å². The molecular formula is C99H144N6O12. The number of oxime groups is 3. The van der Waals surface area contributed by atoms with Gasteiger partial charge < -0.3 is 57.8 Å². The van der Waals surface area contributed by atoms with E-state index in [0.29, 0.717) is 55.3 Å². The number of hydrogen-bond donors (Lipinski definition) is 3. The minimum atomic E-state index is -0.670. The zero-order valence-electron chi connectivity index (χ0n) is 72.4. The predicted octanol–water partition coefficient (Wildman–Crippen LogP) is 19.3. The zero-order chi connectivity index (χ0) is 81.3. The fourth-order valence-corrected chi connectivity index (χ4v) is 28.6. The SMILES string of the molecule is C[C@]12CC/C(=N\OCCCCCN3CCCCC3)C=C1CC[C@@H]1[C@@H]2CC[C@]2(C)[C@@H](c3ccc(=O)oc3)CC[C@]12O.C[C@]12CC/C(=N\OCCCCN3CCCCC3)C=C1CC[C@@H]1[C@@H]2CC[C@]2(C)[C@@H](c3ccc(=O)oc3)CC[C@]12O.C[C@]12CC/C(=N\OCCCN3CCCCC3)C=C1CC[C@@H]1[C@@H]2CC[C@]2(C)[C@@H](c3ccc(=O)oc3)CC[C@]12O. The standard InChI is InChI=1S/C34H50N2O4.C33H48N2O4.C32H46N2O4/c1-32-16-13-27(35-40-22-8-4-7-21-36-19-5-3-6-20-36)23-26(32)10-11-30-29(32)14-17-33(2)28(15-18-34(30,33)38)25-9-12-31(37)39-24-25;1-31-15-12-26(34-39-21-7-6-20-35-18-4-3-5-19-35)22-25(31)9-10-29-28(31)13-16-32(2)27(14-17-33(29,32)37)24-8-11-30(36)38-23-24;1-30-14-11-25(33-38-20-6-19-34-17-4-3-5-18-34)21-24(30)8-9-28-27(30)12-15-31(2)26(13-16-32(28,31)36)23-7-10-29(35)37-22-23/h9,12,23-24,28-30,38H,3-8,10-11,13-22H2,1-2H3;8,11,22-23,27-29,37H,3-7,9-10,12-21H2,1-2H3;7,10,21-22,26-28,36H,3-6,8-9,11-20H2,1-2H3/b35-27+;34-26+;33-25+/t28-,29+,30-,32+,33-,34+;27-,28+,29-,31+,32-,33+;26-,27+,28-,30+,31-,32+/m111/s1. The van der Waals surface area contributed by atoms with Crippen LogP contribution in [0.3, 0.4) is 0 Å². The van der Waals surface area contributed by atoms with Crippen molar-refractivity contribution in [2.24, 2.45) is 83.5 Å². The van der Waals surface area contributed by atoms with Crippen LogP contribution in [-0.4, -0.2) is 143 Å². The smallest absolute Gasteiger partial charge is 0.335 e. The van der Waals surface area contributed by atoms with Gasteiger partial charge in [0.25, 0.3) is 0 Å². The molecule has 0 unspecified atom stereocenters. The highest BCUT2D eigenvalue weighted by molar-refractivity contribution is 5.97. The van der Waals surface area contributed by atoms with E-state index in [0.717, 1.165) is 214 Å². The first-order valence-electron chi connectivity index (χ1n) is 47.3. The Balaban J connectivity index is 0.000000131. The van der Waals surface area contributed by atoms with E-state index < -0.39 is 16.8 Å². The van der Waals surface area contributed by atoms with Gasteiger partial charge in [-0.2, -0.15) is 0 Å². The van der Waals surface area contributed by atoms with Crippen molar-refractivity contribution in [3.63, 3.8) is 0 Å². The summed E-state index contributed by atoms with van der Waals surface area (Å²) in [5.74, 6) is 3.15. The average Bonchev–Trinajstić information content (AvgIpc) is 1.61. The van der Waals surface area contributed by atoms with Crippen molar-refractivity contribution < 1.29 is 43.1 Å². The van der Waals surface area contributed by atoms with Crippen molar-refractivity contribution in [1.29, 1.82) is 0 Å². The molecule has 3 aromatic rings. The lowest BCUT2D eigenvalue weighted by molar-refractivity contribution is -0.176. The molecule has 18 rings (SSSR count). The van der Waals surface area contributed by atoms with Crippen molar-refractivity contribution in [2.45, 2.75) is 327 Å². The van der Waals surface area contributed by atoms with Crippen LogP contribution in [0, 0.1) is 68.0 Å². The number of unbranched alkanes of at least 4 members (excludes halogenated alkanes) is 3. The van der Waals surface area contributed by atoms with Crippen LogP contribution >= 0.6 is 0 Å². The van der Waals surface area contributed by atoms with Gasteiger partial charge in [-0.1, -0.05) is 93.0 Å². The average molecular weight is 1610 g/mol. The Morgan fingerprint density at radius 3 is 0.957 bits per heavy atom. The Kier molecular flexibility index (Phi) is 25.8. The minimum absolute atomic E-state index is 0.130. The first-order chi connectivity index (χ1) is 56.5. The van der Waals surface area contributed by atoms with Crippen molar-refractivity contribution in [1.82, 2.24) is 14.7 Å². The third kappa shape index (κ3) is 16.6. The fourth-order valence-electron chi connectivity index (χ4n) is 28.6. The molecule has 0 amide bonds. The molecule has 3 saturated heterocycles. The van der Waals surface area contributed by atoms with Crippen LogP contribution in [0.25, 0.3) is 0 Å². The second-order valence-electron chi connectivity index (χ2n) is 41.2. The predicted molar refractivity (Wildman–Crippen MR) is 461 cm³/mol. The van der Waals surface area contributed by atoms with Gasteiger partial charge in [-0.25, -0.2) is 14.4 Å². The van der Waals surface area contributed by atoms with Gasteiger partial charge in [-0.15, -0.1) is 0 Å². The van der Waals surface area contributed by atoms with Gasteiger partial charge in [0.1, 0.15) is 19.8 Å². The summed E-state index contributed by atoms with van der Waals surface area (Å²) >= 11 is 0. The molecule has 3 aromatic heterocycles. The lowest BCUT2D eigenvalue weighted by atomic mass is 9.45. The van der Waals surface area contributed by atoms with E-state index in [-0.39, 0.29) is 67.1 Å². The third-order valence-electron chi connectivity index (χ3n) is 35.6. The summed E-state index contributed by atoms with van der Waals surface area (Å²) in [6.45, 7) is 27.5. The van der Waals surface area contributed by atoms with E-state index in [4.69, 9.17) is 27.8 Å². The number of rotatable bonds is 21. The molecule has 117 heavy (non-hydrogen) atoms. The second-order valence-corrected chi connectivity index (χ2v) is 41.2. The molecule has 0 radical (unpaired) electrons. The molecule has 18 atom stereocenters. The Morgan fingerprint density at radius 2 is 0.641 bits per heavy atom. The van der Waals surface area contributed by atoms with Gasteiger partial charge in [0.05, 0.1) is 52.7 Å². The number of aliphatic hydroxyl groups is 3. The third-order valence-corrected chi connectivity index (χ3v) is 35.6. The van der Waals surface area contributed by atoms with Crippen LogP contribution < -0.4 is 16.9 Å². The van der Waals surface area contributed by atoms with Gasteiger partial charge >= 0.3 is 16.9 Å². The number of nitrogens with zero attached hydrogens (tertiary/aromatic N) is 6. The summed E-state index contributed by atoms with van der Waals surface area (Å²) in [5.41, 5.74) is 7.97. The maximum Gasteiger partial charge on any atom is 0.335 e. The van der Waals surface area contributed by atoms with Crippen molar-refractivity contribution in [2.75, 3.05) is 78.7 Å². The number of allylic oxidation sites excluding steroid dienone is 6. The molecule has 0 spiro atoms. The molecular weight excluding hydrogens is 1470 g/mol. The van der Waals surface area contributed by atoms with Gasteiger partial charge in [0.15, 0.2) is 0 Å². The summed E-state index contributed by atoms with van der Waals surface area (Å²) < 4.78 is 15.7. The quantitative estimate of drug-likeness (QED) is 0.0666. The van der Waals surface area contributed by atoms with E-state index in [1.54, 1.807) is 18.8 Å². The van der Waals surface area contributed by atoms with Crippen molar-refractivity contribution >= 4 is 17.1 Å². The molecule has 0 aromatic carbocycles. The Labute approximate surface area is 698 Å². The van der Waals surface area contributed by atoms with Crippen LogP contribution in [0.4, 0.5) is 0 Å². The summed E-state index contributed by atoms with van der Waals surface area (Å²) in [6, 6.07) is 10.3. The number of fused-ring (bicyclic) bond motifs is 15. The number of hydrogen-bond acceptors (Lipinski definition) is 18. The molecule has 15 aliphatic rings. The largest absolute Gasteiger partial charge is 0.431 e. The van der Waals surface area contributed by atoms with Crippen LogP contribution in [-0.2, 0) is 14.5 Å². The van der Waals surface area contributed by atoms with E-state index in [1.807, 2.05) is 18.2 Å². The Morgan fingerprint density at radius 1 is 0.342 bits per heavy atom. The molecule has 642 valence electrons. The lowest BCUT2D eigenvalue weighted by Crippen LogP contribution is -2.60. The highest BCUT2D eigenvalue weighted by Crippen LogP contribution is 2.74. The van der Waals surface area contributed by atoms with Crippen molar-refractivity contribution in [3.05, 3.63) is 138 Å². The number of piperidine rings is 3. The van der Waals surface area contributed by atoms with E-state index in [1.165, 1.54) is 164 Å². The molecule has 18 heteroatoms. The lowest BCUT2D eigenvalue weighted by Gasteiger charge is -2.61. The topological polar surface area (TPSA) is 226 Å². The molecule has 18 nitrogen and oxygen atoms in total. The normalized spacial score (nSPS) is 39.5. The first kappa shape index (κ1) is 84.8. The highest BCUT2D eigenvalue weighted by Gasteiger charge is 2.70. The van der Waals surface area contributed by atoms with Crippen LogP contribution in [0.1, 0.15) is 326 Å². The van der Waals surface area contributed by atoms with Gasteiger partial charge in [0, 0.05) is 41.0 Å². The Hall–Kier alpha value is -5.76. The van der Waals surface area contributed by atoms with Crippen LogP contribution in [0.5, 0.6) is 0 Å². The van der Waals surface area contributed by atoms with Gasteiger partial charge in [-0.05, 0) is 406 Å². The monoisotopic (exact) mass is 1610 g/mol. The summed E-state index contributed by atoms with van der Waals surface area (Å²) in [7, 11) is 0. The maximum atomic E-state index is 12.4. The zero-order valence-corrected chi connectivity index (χ0v) is 72.4. The fraction of sp³-hybridized carbons (Fsp3) is 0.758. The van der Waals surface area contributed by atoms with Gasteiger partial charge in [0.2, 0.25) is 0 Å². The minimum Gasteiger partial charge on any atom is -0.431 e. The first-order valence-corrected chi connectivity index (χ1v) is 47.3.